The summed E-state index contributed by atoms with van der Waals surface area (Å²) in [4.78, 5) is 0. The maximum absolute atomic E-state index is 6.34. The molecule has 3 heteroatoms. The summed E-state index contributed by atoms with van der Waals surface area (Å²) in [5.41, 5.74) is 1.29. The average molecular weight is 304 g/mol. The zero-order chi connectivity index (χ0) is 14.8. The summed E-state index contributed by atoms with van der Waals surface area (Å²) in [6.45, 7) is 5.22. The van der Waals surface area contributed by atoms with Crippen LogP contribution in [-0.2, 0) is 4.74 Å². The molecule has 0 aliphatic carbocycles. The quantitative estimate of drug-likeness (QED) is 0.883. The number of halogens is 1. The van der Waals surface area contributed by atoms with Gasteiger partial charge >= 0.3 is 0 Å². The highest BCUT2D eigenvalue weighted by molar-refractivity contribution is 6.35. The number of fused-ring (bicyclic) bond motifs is 1. The lowest BCUT2D eigenvalue weighted by atomic mass is 9.94. The molecular weight excluding hydrogens is 282 g/mol. The van der Waals surface area contributed by atoms with E-state index in [2.05, 4.69) is 43.4 Å². The predicted molar refractivity (Wildman–Crippen MR) is 88.9 cm³/mol. The van der Waals surface area contributed by atoms with Crippen molar-refractivity contribution in [2.24, 2.45) is 0 Å². The van der Waals surface area contributed by atoms with Crippen molar-refractivity contribution in [3.05, 3.63) is 47.0 Å². The molecule has 2 aromatic carbocycles. The third kappa shape index (κ3) is 2.94. The molecule has 1 saturated heterocycles. The van der Waals surface area contributed by atoms with Gasteiger partial charge in [0, 0.05) is 10.4 Å². The summed E-state index contributed by atoms with van der Waals surface area (Å²) in [7, 11) is 0. The highest BCUT2D eigenvalue weighted by Gasteiger charge is 2.31. The SMILES string of the molecule is CCNC(c1ccc(Cl)c2ccccc12)C1CCC(C)O1. The van der Waals surface area contributed by atoms with Gasteiger partial charge in [-0.1, -0.05) is 48.9 Å². The first-order valence-electron chi connectivity index (χ1n) is 7.76. The lowest BCUT2D eigenvalue weighted by Gasteiger charge is -2.26. The molecule has 1 aliphatic rings. The maximum atomic E-state index is 6.34. The van der Waals surface area contributed by atoms with E-state index in [1.807, 2.05) is 12.1 Å². The minimum absolute atomic E-state index is 0.224. The summed E-state index contributed by atoms with van der Waals surface area (Å²) in [6, 6.07) is 12.7. The van der Waals surface area contributed by atoms with Crippen LogP contribution in [0.25, 0.3) is 10.8 Å². The van der Waals surface area contributed by atoms with Crippen LogP contribution in [0.4, 0.5) is 0 Å². The molecule has 112 valence electrons. The summed E-state index contributed by atoms with van der Waals surface area (Å²) in [6.07, 6.45) is 2.84. The van der Waals surface area contributed by atoms with Crippen molar-refractivity contribution in [1.82, 2.24) is 5.32 Å². The molecule has 0 amide bonds. The largest absolute Gasteiger partial charge is 0.373 e. The first-order chi connectivity index (χ1) is 10.2. The Labute approximate surface area is 131 Å². The van der Waals surface area contributed by atoms with Gasteiger partial charge in [-0.3, -0.25) is 0 Å². The van der Waals surface area contributed by atoms with Gasteiger partial charge in [-0.25, -0.2) is 0 Å². The molecule has 0 aromatic heterocycles. The van der Waals surface area contributed by atoms with E-state index in [1.165, 1.54) is 10.9 Å². The molecule has 3 rings (SSSR count). The van der Waals surface area contributed by atoms with Crippen LogP contribution in [0.1, 0.15) is 38.3 Å². The molecule has 3 unspecified atom stereocenters. The molecule has 1 N–H and O–H groups in total. The van der Waals surface area contributed by atoms with Crippen LogP contribution in [-0.4, -0.2) is 18.8 Å². The van der Waals surface area contributed by atoms with Crippen LogP contribution in [0.15, 0.2) is 36.4 Å². The Morgan fingerprint density at radius 1 is 1.19 bits per heavy atom. The van der Waals surface area contributed by atoms with Crippen LogP contribution in [0.5, 0.6) is 0 Å². The van der Waals surface area contributed by atoms with E-state index in [9.17, 15) is 0 Å². The molecule has 1 heterocycles. The fourth-order valence-electron chi connectivity index (χ4n) is 3.30. The Bertz CT molecular complexity index is 628. The third-order valence-corrected chi connectivity index (χ3v) is 4.63. The molecule has 0 bridgehead atoms. The number of ether oxygens (including phenoxy) is 1. The number of hydrogen-bond donors (Lipinski definition) is 1. The van der Waals surface area contributed by atoms with Gasteiger partial charge < -0.3 is 10.1 Å². The molecule has 21 heavy (non-hydrogen) atoms. The van der Waals surface area contributed by atoms with Gasteiger partial charge in [-0.05, 0) is 43.3 Å². The van der Waals surface area contributed by atoms with Crippen molar-refractivity contribution in [2.45, 2.75) is 44.9 Å². The zero-order valence-electron chi connectivity index (χ0n) is 12.6. The predicted octanol–water partition coefficient (Wildman–Crippen LogP) is 4.71. The molecule has 3 atom stereocenters. The van der Waals surface area contributed by atoms with Crippen LogP contribution < -0.4 is 5.32 Å². The summed E-state index contributed by atoms with van der Waals surface area (Å²) < 4.78 is 6.11. The number of rotatable bonds is 4. The number of nitrogens with one attached hydrogen (secondary N) is 1. The molecule has 1 fully saturated rings. The standard InChI is InChI=1S/C18H22ClNO/c1-3-20-18(17-11-8-12(2)21-17)15-9-10-16(19)14-7-5-4-6-13(14)15/h4-7,9-10,12,17-18,20H,3,8,11H2,1-2H3. The van der Waals surface area contributed by atoms with Gasteiger partial charge in [0.15, 0.2) is 0 Å². The summed E-state index contributed by atoms with van der Waals surface area (Å²) in [5, 5.41) is 6.75. The first kappa shape index (κ1) is 14.8. The van der Waals surface area contributed by atoms with Gasteiger partial charge in [-0.2, -0.15) is 0 Å². The van der Waals surface area contributed by atoms with E-state index < -0.39 is 0 Å². The Morgan fingerprint density at radius 2 is 1.95 bits per heavy atom. The lowest BCUT2D eigenvalue weighted by molar-refractivity contribution is 0.0322. The first-order valence-corrected chi connectivity index (χ1v) is 8.14. The Hall–Kier alpha value is -1.09. The normalized spacial score (nSPS) is 23.6. The van der Waals surface area contributed by atoms with Gasteiger partial charge in [0.05, 0.1) is 18.2 Å². The van der Waals surface area contributed by atoms with Crippen molar-refractivity contribution >= 4 is 22.4 Å². The van der Waals surface area contributed by atoms with Gasteiger partial charge in [0.1, 0.15) is 0 Å². The fourth-order valence-corrected chi connectivity index (χ4v) is 3.52. The van der Waals surface area contributed by atoms with Crippen LogP contribution in [0.2, 0.25) is 5.02 Å². The smallest absolute Gasteiger partial charge is 0.0774 e. The van der Waals surface area contributed by atoms with E-state index in [4.69, 9.17) is 16.3 Å². The monoisotopic (exact) mass is 303 g/mol. The number of hydrogen-bond acceptors (Lipinski definition) is 2. The molecule has 0 spiro atoms. The average Bonchev–Trinajstić information content (AvgIpc) is 2.92. The minimum atomic E-state index is 0.224. The second-order valence-corrected chi connectivity index (χ2v) is 6.19. The van der Waals surface area contributed by atoms with Gasteiger partial charge in [0.2, 0.25) is 0 Å². The molecule has 0 radical (unpaired) electrons. The molecule has 2 nitrogen and oxygen atoms in total. The Morgan fingerprint density at radius 3 is 2.62 bits per heavy atom. The lowest BCUT2D eigenvalue weighted by Crippen LogP contribution is -2.32. The van der Waals surface area contributed by atoms with Crippen LogP contribution in [0.3, 0.4) is 0 Å². The summed E-state index contributed by atoms with van der Waals surface area (Å²) in [5.74, 6) is 0. The number of benzene rings is 2. The van der Waals surface area contributed by atoms with E-state index in [0.717, 1.165) is 29.8 Å². The summed E-state index contributed by atoms with van der Waals surface area (Å²) >= 11 is 6.34. The Kier molecular flexibility index (Phi) is 4.48. The third-order valence-electron chi connectivity index (χ3n) is 4.30. The molecular formula is C18H22ClNO. The minimum Gasteiger partial charge on any atom is -0.373 e. The van der Waals surface area contributed by atoms with Crippen molar-refractivity contribution in [2.75, 3.05) is 6.54 Å². The van der Waals surface area contributed by atoms with Crippen molar-refractivity contribution in [3.8, 4) is 0 Å². The van der Waals surface area contributed by atoms with E-state index in [1.54, 1.807) is 0 Å². The van der Waals surface area contributed by atoms with E-state index in [0.29, 0.717) is 6.10 Å². The van der Waals surface area contributed by atoms with Gasteiger partial charge in [0.25, 0.3) is 0 Å². The molecule has 0 saturated carbocycles. The maximum Gasteiger partial charge on any atom is 0.0774 e. The van der Waals surface area contributed by atoms with Crippen molar-refractivity contribution in [1.29, 1.82) is 0 Å². The van der Waals surface area contributed by atoms with E-state index in [-0.39, 0.29) is 12.1 Å². The second kappa shape index (κ2) is 6.35. The molecule has 1 aliphatic heterocycles. The second-order valence-electron chi connectivity index (χ2n) is 5.78. The van der Waals surface area contributed by atoms with Crippen LogP contribution >= 0.6 is 11.6 Å². The topological polar surface area (TPSA) is 21.3 Å². The fraction of sp³-hybridized carbons (Fsp3) is 0.444. The van der Waals surface area contributed by atoms with Crippen LogP contribution in [0, 0.1) is 0 Å². The highest BCUT2D eigenvalue weighted by atomic mass is 35.5. The molecule has 2 aromatic rings. The number of likely N-dealkylation sites (N-methyl/N-ethyl adjacent to an activating group) is 1. The van der Waals surface area contributed by atoms with Gasteiger partial charge in [-0.15, -0.1) is 0 Å². The van der Waals surface area contributed by atoms with E-state index >= 15 is 0 Å². The van der Waals surface area contributed by atoms with Crippen molar-refractivity contribution < 1.29 is 4.74 Å². The Balaban J connectivity index is 2.05. The van der Waals surface area contributed by atoms with Crippen molar-refractivity contribution in [3.63, 3.8) is 0 Å². The zero-order valence-corrected chi connectivity index (χ0v) is 13.4. The highest BCUT2D eigenvalue weighted by Crippen LogP contribution is 2.35.